The summed E-state index contributed by atoms with van der Waals surface area (Å²) in [6.45, 7) is 10.7. The highest BCUT2D eigenvalue weighted by Crippen LogP contribution is 2.40. The van der Waals surface area contributed by atoms with Crippen LogP contribution in [-0.4, -0.2) is 15.7 Å². The van der Waals surface area contributed by atoms with E-state index in [9.17, 15) is 0 Å². The lowest BCUT2D eigenvalue weighted by molar-refractivity contribution is 1.18. The van der Waals surface area contributed by atoms with Gasteiger partial charge in [0.05, 0.1) is 17.1 Å². The zero-order chi connectivity index (χ0) is 40.9. The average molecular weight is 772 g/mol. The Labute approximate surface area is 352 Å². The van der Waals surface area contributed by atoms with E-state index in [-0.39, 0.29) is 0 Å². The number of hydrogen-bond donors (Lipinski definition) is 0. The Balaban J connectivity index is 1.13. The van der Waals surface area contributed by atoms with Gasteiger partial charge in [-0.3, -0.25) is 4.99 Å². The molecule has 60 heavy (non-hydrogen) atoms. The highest BCUT2D eigenvalue weighted by molar-refractivity contribution is 6.25. The number of aliphatic imine (C=N–C) groups is 1. The highest BCUT2D eigenvalue weighted by atomic mass is 14.9. The molecule has 9 aromatic rings. The van der Waals surface area contributed by atoms with E-state index in [4.69, 9.17) is 15.0 Å². The van der Waals surface area contributed by atoms with E-state index in [0.717, 1.165) is 57.0 Å². The van der Waals surface area contributed by atoms with Gasteiger partial charge in [-0.1, -0.05) is 146 Å². The van der Waals surface area contributed by atoms with Crippen LogP contribution < -0.4 is 0 Å². The average Bonchev–Trinajstić information content (AvgIpc) is 3.60. The lowest BCUT2D eigenvalue weighted by Crippen LogP contribution is -1.99. The van der Waals surface area contributed by atoms with Crippen molar-refractivity contribution in [3.63, 3.8) is 0 Å². The summed E-state index contributed by atoms with van der Waals surface area (Å²) in [5, 5.41) is 7.40. The van der Waals surface area contributed by atoms with Crippen LogP contribution in [0.1, 0.15) is 48.6 Å². The van der Waals surface area contributed by atoms with Gasteiger partial charge in [0, 0.05) is 28.0 Å². The summed E-state index contributed by atoms with van der Waals surface area (Å²) >= 11 is 0. The minimum atomic E-state index is 0.694. The van der Waals surface area contributed by atoms with Gasteiger partial charge in [0.1, 0.15) is 0 Å². The van der Waals surface area contributed by atoms with E-state index in [1.165, 1.54) is 71.3 Å². The molecule has 0 radical (unpaired) electrons. The van der Waals surface area contributed by atoms with Gasteiger partial charge in [0.25, 0.3) is 0 Å². The van der Waals surface area contributed by atoms with Crippen LogP contribution in [0.5, 0.6) is 0 Å². The maximum atomic E-state index is 5.36. The first-order valence-corrected chi connectivity index (χ1v) is 20.8. The van der Waals surface area contributed by atoms with Gasteiger partial charge in [-0.25, -0.2) is 9.97 Å². The van der Waals surface area contributed by atoms with E-state index in [1.807, 2.05) is 0 Å². The predicted molar refractivity (Wildman–Crippen MR) is 255 cm³/mol. The first kappa shape index (κ1) is 37.1. The van der Waals surface area contributed by atoms with Crippen LogP contribution in [0.4, 0.5) is 5.69 Å². The Morgan fingerprint density at radius 2 is 1.10 bits per heavy atom. The Bertz CT molecular complexity index is 3250. The molecule has 0 saturated carbocycles. The maximum absolute atomic E-state index is 5.36. The molecule has 0 bridgehead atoms. The molecule has 10 rings (SSSR count). The summed E-state index contributed by atoms with van der Waals surface area (Å²) in [5.41, 5.74) is 17.9. The van der Waals surface area contributed by atoms with Crippen molar-refractivity contribution >= 4 is 49.3 Å². The van der Waals surface area contributed by atoms with Crippen LogP contribution in [0.15, 0.2) is 180 Å². The fourth-order valence-electron chi connectivity index (χ4n) is 9.12. The number of aromatic nitrogens is 2. The van der Waals surface area contributed by atoms with Gasteiger partial charge in [-0.2, -0.15) is 0 Å². The summed E-state index contributed by atoms with van der Waals surface area (Å²) in [4.78, 5) is 16.0. The van der Waals surface area contributed by atoms with E-state index in [0.29, 0.717) is 5.82 Å². The van der Waals surface area contributed by atoms with Crippen molar-refractivity contribution in [1.82, 2.24) is 9.97 Å². The van der Waals surface area contributed by atoms with Gasteiger partial charge in [-0.15, -0.1) is 0 Å². The molecule has 3 heteroatoms. The Kier molecular flexibility index (Phi) is 9.38. The number of aryl methyl sites for hydroxylation is 2. The van der Waals surface area contributed by atoms with Crippen LogP contribution >= 0.6 is 0 Å². The van der Waals surface area contributed by atoms with Gasteiger partial charge in [0.2, 0.25) is 0 Å². The van der Waals surface area contributed by atoms with Crippen molar-refractivity contribution in [2.75, 3.05) is 0 Å². The molecule has 0 N–H and O–H groups in total. The van der Waals surface area contributed by atoms with Crippen molar-refractivity contribution in [1.29, 1.82) is 0 Å². The molecule has 3 nitrogen and oxygen atoms in total. The lowest BCUT2D eigenvalue weighted by Gasteiger charge is -2.14. The molecule has 8 aromatic carbocycles. The van der Waals surface area contributed by atoms with Gasteiger partial charge in [-0.05, 0) is 142 Å². The second kappa shape index (κ2) is 15.2. The van der Waals surface area contributed by atoms with Crippen molar-refractivity contribution in [3.8, 4) is 45.0 Å². The lowest BCUT2D eigenvalue weighted by atomic mass is 9.93. The second-order valence-electron chi connectivity index (χ2n) is 16.1. The highest BCUT2D eigenvalue weighted by Gasteiger charge is 2.20. The van der Waals surface area contributed by atoms with Crippen LogP contribution in [0.25, 0.3) is 82.9 Å². The molecular weight excluding hydrogens is 727 g/mol. The quantitative estimate of drug-likeness (QED) is 0.120. The topological polar surface area (TPSA) is 38.1 Å². The number of fused-ring (bicyclic) bond motifs is 7. The normalized spacial score (nSPS) is 13.0. The molecule has 0 fully saturated rings. The fourth-order valence-corrected chi connectivity index (χ4v) is 9.12. The second-order valence-corrected chi connectivity index (χ2v) is 16.1. The predicted octanol–water partition coefficient (Wildman–Crippen LogP) is 15.3. The van der Waals surface area contributed by atoms with E-state index >= 15 is 0 Å². The molecule has 0 aliphatic heterocycles. The van der Waals surface area contributed by atoms with E-state index < -0.39 is 0 Å². The van der Waals surface area contributed by atoms with Crippen LogP contribution in [0, 0.1) is 13.8 Å². The summed E-state index contributed by atoms with van der Waals surface area (Å²) in [7, 11) is 0. The summed E-state index contributed by atoms with van der Waals surface area (Å²) < 4.78 is 0. The first-order valence-electron chi connectivity index (χ1n) is 20.8. The van der Waals surface area contributed by atoms with Crippen molar-refractivity contribution in [2.45, 2.75) is 41.0 Å². The van der Waals surface area contributed by atoms with Crippen molar-refractivity contribution in [2.24, 2.45) is 4.99 Å². The maximum Gasteiger partial charge on any atom is 0.160 e. The zero-order valence-corrected chi connectivity index (χ0v) is 34.7. The molecule has 0 atom stereocenters. The summed E-state index contributed by atoms with van der Waals surface area (Å²) in [6, 6.07) is 56.7. The number of hydrogen-bond acceptors (Lipinski definition) is 3. The number of rotatable bonds is 7. The monoisotopic (exact) mass is 771 g/mol. The molecule has 1 aliphatic rings. The number of benzene rings is 8. The third-order valence-corrected chi connectivity index (χ3v) is 12.3. The fraction of sp³-hybridized carbons (Fsp3) is 0.105. The van der Waals surface area contributed by atoms with E-state index in [2.05, 4.69) is 204 Å². The van der Waals surface area contributed by atoms with Gasteiger partial charge in [0.15, 0.2) is 5.82 Å². The molecule has 1 aliphatic carbocycles. The minimum absolute atomic E-state index is 0.694. The van der Waals surface area contributed by atoms with Crippen LogP contribution in [0.2, 0.25) is 0 Å². The molecule has 288 valence electrons. The van der Waals surface area contributed by atoms with E-state index in [1.54, 1.807) is 0 Å². The number of nitrogens with zero attached hydrogens (tertiary/aromatic N) is 3. The zero-order valence-electron chi connectivity index (χ0n) is 34.7. The van der Waals surface area contributed by atoms with Crippen molar-refractivity contribution < 1.29 is 0 Å². The molecule has 1 heterocycles. The molecule has 0 spiro atoms. The third kappa shape index (κ3) is 6.53. The Hall–Kier alpha value is -7.23. The molecule has 0 amide bonds. The van der Waals surface area contributed by atoms with Gasteiger partial charge < -0.3 is 0 Å². The Morgan fingerprint density at radius 3 is 1.80 bits per heavy atom. The smallest absolute Gasteiger partial charge is 0.160 e. The van der Waals surface area contributed by atoms with Gasteiger partial charge >= 0.3 is 0 Å². The van der Waals surface area contributed by atoms with Crippen molar-refractivity contribution in [3.05, 3.63) is 203 Å². The Morgan fingerprint density at radius 1 is 0.517 bits per heavy atom. The SMILES string of the molecule is C/C=C\C1=C(C)c2ccc(-c3cc(-c4ccc(C)c(N=C(C)c5ccccc5-c5ccccc5C)c4)nc(-c4ccc5c6ccccc6c6ccccc6c5c4)n3)cc2C1. The first-order chi connectivity index (χ1) is 29.3. The standard InChI is InChI=1S/C57H45N3/c1-6-15-39-30-43-31-40(26-28-45(43)37(39)4)55-34-56(41-25-24-36(3)54(33-41)58-38(5)46-18-9-10-19-47(46)44-17-8-7-16-35(44)2)60-57(59-55)42-27-29-52-50-22-12-11-20-48(50)49-21-13-14-23-51(49)53(52)32-42/h6-29,31-34H,30H2,1-5H3/b15-6-,58-38?. The number of allylic oxidation sites excluding steroid dienone is 4. The molecule has 0 saturated heterocycles. The molecule has 1 aromatic heterocycles. The van der Waals surface area contributed by atoms with Crippen LogP contribution in [0.3, 0.4) is 0 Å². The summed E-state index contributed by atoms with van der Waals surface area (Å²) in [6.07, 6.45) is 5.29. The van der Waals surface area contributed by atoms with Crippen LogP contribution in [-0.2, 0) is 6.42 Å². The molecule has 0 unspecified atom stereocenters. The summed E-state index contributed by atoms with van der Waals surface area (Å²) in [5.74, 6) is 0.694. The largest absolute Gasteiger partial charge is 0.253 e. The minimum Gasteiger partial charge on any atom is -0.253 e. The third-order valence-electron chi connectivity index (χ3n) is 12.3. The molecular formula is C57H45N3.